The van der Waals surface area contributed by atoms with Crippen LogP contribution in [-0.4, -0.2) is 38.5 Å². The third-order valence-electron chi connectivity index (χ3n) is 31.9. The predicted molar refractivity (Wildman–Crippen MR) is 626 cm³/mol. The van der Waals surface area contributed by atoms with E-state index in [0.717, 1.165) is 66.4 Å². The Hall–Kier alpha value is -19.5. The van der Waals surface area contributed by atoms with Crippen LogP contribution in [0, 0.1) is 0 Å². The Balaban J connectivity index is 0.0000000953. The normalized spacial score (nSPS) is 12.7. The maximum atomic E-state index is 4.88. The van der Waals surface area contributed by atoms with Gasteiger partial charge < -0.3 is 0 Å². The van der Waals surface area contributed by atoms with E-state index in [2.05, 4.69) is 541 Å². The van der Waals surface area contributed by atoms with Crippen LogP contribution in [0.25, 0.3) is 241 Å². The molecule has 30 aromatic rings. The summed E-state index contributed by atoms with van der Waals surface area (Å²) in [5, 5.41) is 41.5. The lowest BCUT2D eigenvalue weighted by Gasteiger charge is -2.34. The lowest BCUT2D eigenvalue weighted by Crippen LogP contribution is -2.28. The van der Waals surface area contributed by atoms with Crippen LogP contribution in [0.2, 0.25) is 0 Å². The van der Waals surface area contributed by atoms with Crippen molar-refractivity contribution in [3.05, 3.63) is 568 Å². The maximum Gasteiger partial charge on any atom is 0.0748 e. The van der Waals surface area contributed by atoms with Gasteiger partial charge >= 0.3 is 0 Å². The lowest BCUT2D eigenvalue weighted by molar-refractivity contribution is 0.660. The molecule has 0 radical (unpaired) electrons. The Bertz CT molecular complexity index is 10700. The number of nitrogens with zero attached hydrogens (tertiary/aromatic N) is 8. The van der Waals surface area contributed by atoms with E-state index in [1.54, 1.807) is 0 Å². The molecule has 0 bridgehead atoms. The average molecular weight is 1910 g/mol. The molecule has 22 aromatic carbocycles. The van der Waals surface area contributed by atoms with Crippen LogP contribution in [0.4, 0.5) is 0 Å². The molecule has 150 heavy (non-hydrogen) atoms. The first-order valence-corrected chi connectivity index (χ1v) is 51.6. The molecule has 2 aliphatic rings. The summed E-state index contributed by atoms with van der Waals surface area (Å²) in [7, 11) is 0. The van der Waals surface area contributed by atoms with Crippen LogP contribution in [0.1, 0.15) is 47.2 Å². The molecule has 0 unspecified atom stereocenters. The van der Waals surface area contributed by atoms with Gasteiger partial charge in [0.05, 0.1) is 74.3 Å². The second kappa shape index (κ2) is 35.2. The van der Waals surface area contributed by atoms with Gasteiger partial charge in [-0.3, -0.25) is 0 Å². The number of hydrogen-bond donors (Lipinski definition) is 0. The molecule has 0 N–H and O–H groups in total. The van der Waals surface area contributed by atoms with Crippen LogP contribution in [0.3, 0.4) is 0 Å². The van der Waals surface area contributed by atoms with E-state index in [0.29, 0.717) is 0 Å². The average Bonchev–Trinajstić information content (AvgIpc) is 1.53. The van der Waals surface area contributed by atoms with Crippen LogP contribution in [0.5, 0.6) is 0 Å². The fraction of sp³-hybridized carbons (Fsp3) is 0.0282. The van der Waals surface area contributed by atoms with E-state index in [-0.39, 0.29) is 5.41 Å². The predicted octanol–water partition coefficient (Wildman–Crippen LogP) is 36.4. The highest BCUT2D eigenvalue weighted by Gasteiger charge is 2.46. The molecule has 0 saturated heterocycles. The van der Waals surface area contributed by atoms with Gasteiger partial charge in [-0.2, -0.15) is 20.4 Å². The van der Waals surface area contributed by atoms with Gasteiger partial charge in [0.1, 0.15) is 0 Å². The molecule has 0 aliphatic heterocycles. The molecule has 8 aromatic heterocycles. The van der Waals surface area contributed by atoms with E-state index >= 15 is 0 Å². The minimum atomic E-state index is -0.403. The van der Waals surface area contributed by atoms with Crippen molar-refractivity contribution in [3.8, 4) is 100 Å². The summed E-state index contributed by atoms with van der Waals surface area (Å²) < 4.78 is 8.26. The van der Waals surface area contributed by atoms with E-state index in [4.69, 9.17) is 20.4 Å². The first-order chi connectivity index (χ1) is 74.2. The van der Waals surface area contributed by atoms with E-state index < -0.39 is 5.41 Å². The number of aromatic nitrogens is 8. The molecule has 8 nitrogen and oxygen atoms in total. The number of benzene rings is 22. The minimum Gasteiger partial charge on any atom is -0.232 e. The minimum absolute atomic E-state index is 0.0115. The second-order valence-corrected chi connectivity index (χ2v) is 40.3. The zero-order valence-electron chi connectivity index (χ0n) is 82.4. The zero-order chi connectivity index (χ0) is 99.2. The highest BCUT2D eigenvalue weighted by molar-refractivity contribution is 6.25. The number of rotatable bonds is 9. The molecule has 8 heterocycles. The molecule has 0 spiro atoms. The van der Waals surface area contributed by atoms with Crippen LogP contribution < -0.4 is 0 Å². The van der Waals surface area contributed by atoms with Gasteiger partial charge in [-0.05, 0) is 266 Å². The third-order valence-corrected chi connectivity index (χ3v) is 31.9. The van der Waals surface area contributed by atoms with Crippen molar-refractivity contribution in [2.75, 3.05) is 0 Å². The number of fused-ring (bicyclic) bond motifs is 25. The molecule has 0 saturated carbocycles. The van der Waals surface area contributed by atoms with Crippen LogP contribution in [-0.2, 0) is 10.8 Å². The quantitative estimate of drug-likeness (QED) is 0.135. The van der Waals surface area contributed by atoms with Gasteiger partial charge in [0.15, 0.2) is 0 Å². The summed E-state index contributed by atoms with van der Waals surface area (Å²) in [6.07, 6.45) is 8.06. The van der Waals surface area contributed by atoms with Crippen molar-refractivity contribution in [1.29, 1.82) is 0 Å². The van der Waals surface area contributed by atoms with Crippen molar-refractivity contribution in [3.63, 3.8) is 0 Å². The largest absolute Gasteiger partial charge is 0.232 e. The fourth-order valence-corrected chi connectivity index (χ4v) is 24.9. The molecule has 702 valence electrons. The SMILES string of the molecule is CC1(C)c2ccccc2-c2ccc(-c3cnn4c3ccc3ccccc34)cc21.c1ccc(C2(c3ccccc3)c3ccccc3-c3ccc(-c4cnn5c4ccc4ccccc45)cc32)cc1.c1ccc2cc(-c3c4ccccc4c(-c4ccc5ccccc5c4)c4cc(-c5cnn6c5ccc5ccccc56)ccc34)ccc2c1.c1ccc2cc(-c3c4ccccc4c(-c4cnn5c4ccc4ccccc45)c4ccccc34)ccc2c1. The molecule has 32 rings (SSSR count). The molecule has 0 atom stereocenters. The highest BCUT2D eigenvalue weighted by atomic mass is 15.2. The monoisotopic (exact) mass is 1910 g/mol. The standard InChI is InChI=1S/C45H28N2.C36H24N2.C35H22N2.C26H20N2/c1-3-12-32-25-35(19-17-29(32)9-1)44-37-14-6-7-15-38(37)45(36-20-18-30-10-2-4-13-33(30)26-36)40-27-34(21-23-39(40)44)41-28-46-47-42-16-8-5-11-31(42)22-24-43(41)47;1-3-12-27(13-4-1)36(28-14-5-2-6-15-28)32-17-9-8-16-29(32)30-21-19-26(23-33(30)36)31-24-37-38-34-18-10-7-11-25(34)20-22-35(31)38;1-2-11-25-21-26(18-17-23(25)9-1)34-27-12-4-6-14-29(27)35(30-15-7-5-13-28(30)34)31-22-36-37-32-16-8-3-10-24(32)19-20-33(31)37;1-26(2)22-9-5-4-8-19(22)20-13-11-18(15-23(20)26)21-16-27-28-24-10-6-3-7-17(24)12-14-25(21)28/h1-28H;1-24H;1-22H;3-16H,1-2H3. The van der Waals surface area contributed by atoms with Gasteiger partial charge in [0, 0.05) is 54.8 Å². The van der Waals surface area contributed by atoms with Gasteiger partial charge in [-0.15, -0.1) is 0 Å². The highest BCUT2D eigenvalue weighted by Crippen LogP contribution is 2.58. The Morgan fingerprint density at radius 2 is 0.420 bits per heavy atom. The first-order valence-electron chi connectivity index (χ1n) is 51.6. The molecule has 2 aliphatic carbocycles. The van der Waals surface area contributed by atoms with Crippen molar-refractivity contribution in [2.45, 2.75) is 24.7 Å². The summed E-state index contributed by atoms with van der Waals surface area (Å²) in [6, 6.07) is 185. The van der Waals surface area contributed by atoms with Crippen molar-refractivity contribution in [2.24, 2.45) is 0 Å². The Morgan fingerprint density at radius 3 is 0.827 bits per heavy atom. The number of hydrogen-bond acceptors (Lipinski definition) is 4. The Kier molecular flexibility index (Phi) is 20.4. The summed E-state index contributed by atoms with van der Waals surface area (Å²) >= 11 is 0. The van der Waals surface area contributed by atoms with Crippen molar-refractivity contribution >= 4 is 141 Å². The Morgan fingerprint density at radius 1 is 0.153 bits per heavy atom. The maximum absolute atomic E-state index is 4.88. The van der Waals surface area contributed by atoms with Gasteiger partial charge in [0.2, 0.25) is 0 Å². The van der Waals surface area contributed by atoms with Crippen LogP contribution in [0.15, 0.2) is 534 Å². The lowest BCUT2D eigenvalue weighted by atomic mass is 9.67. The summed E-state index contributed by atoms with van der Waals surface area (Å²) in [5.74, 6) is 0. The van der Waals surface area contributed by atoms with Crippen molar-refractivity contribution in [1.82, 2.24) is 38.5 Å². The number of para-hydroxylation sites is 4. The molecule has 0 amide bonds. The van der Waals surface area contributed by atoms with E-state index in [9.17, 15) is 0 Å². The zero-order valence-corrected chi connectivity index (χ0v) is 82.4. The Labute approximate surface area is 865 Å². The van der Waals surface area contributed by atoms with Gasteiger partial charge in [0.25, 0.3) is 0 Å². The number of pyridine rings is 4. The van der Waals surface area contributed by atoms with Gasteiger partial charge in [-0.25, -0.2) is 18.1 Å². The van der Waals surface area contributed by atoms with E-state index in [1.165, 1.54) is 208 Å². The van der Waals surface area contributed by atoms with Crippen molar-refractivity contribution < 1.29 is 0 Å². The van der Waals surface area contributed by atoms with Gasteiger partial charge in [-0.1, -0.05) is 438 Å². The smallest absolute Gasteiger partial charge is 0.0748 e. The second-order valence-electron chi connectivity index (χ2n) is 40.3. The molecule has 8 heteroatoms. The summed E-state index contributed by atoms with van der Waals surface area (Å²) in [4.78, 5) is 0. The topological polar surface area (TPSA) is 69.2 Å². The summed E-state index contributed by atoms with van der Waals surface area (Å²) in [6.45, 7) is 4.65. The van der Waals surface area contributed by atoms with Crippen LogP contribution >= 0.6 is 0 Å². The fourth-order valence-electron chi connectivity index (χ4n) is 24.9. The van der Waals surface area contributed by atoms with E-state index in [1.807, 2.05) is 24.8 Å². The molecular formula is C142H94N8. The molecular weight excluding hydrogens is 1820 g/mol. The first kappa shape index (κ1) is 87.1. The third kappa shape index (κ3) is 14.0. The molecule has 0 fully saturated rings. The summed E-state index contributed by atoms with van der Waals surface area (Å²) in [5.41, 5.74) is 38.8.